The molecule has 3 aromatic rings. The average molecular weight is 432 g/mol. The molecule has 0 bridgehead atoms. The van der Waals surface area contributed by atoms with Crippen LogP contribution in [-0.2, 0) is 10.0 Å². The summed E-state index contributed by atoms with van der Waals surface area (Å²) in [6.45, 7) is 1.62. The van der Waals surface area contributed by atoms with Gasteiger partial charge in [0.05, 0.1) is 22.2 Å². The van der Waals surface area contributed by atoms with Gasteiger partial charge in [0.25, 0.3) is 10.0 Å². The van der Waals surface area contributed by atoms with E-state index in [1.165, 1.54) is 0 Å². The highest BCUT2D eigenvalue weighted by molar-refractivity contribution is 7.92. The van der Waals surface area contributed by atoms with Gasteiger partial charge in [-0.05, 0) is 43.3 Å². The Morgan fingerprint density at radius 1 is 0.966 bits per heavy atom. The molecule has 3 rings (SSSR count). The Morgan fingerprint density at radius 2 is 1.59 bits per heavy atom. The van der Waals surface area contributed by atoms with Crippen molar-refractivity contribution >= 4 is 27.3 Å². The van der Waals surface area contributed by atoms with Crippen LogP contribution in [0.3, 0.4) is 0 Å². The highest BCUT2D eigenvalue weighted by Crippen LogP contribution is 2.30. The molecule has 0 aliphatic carbocycles. The van der Waals surface area contributed by atoms with Gasteiger partial charge in [-0.2, -0.15) is 0 Å². The third-order valence-corrected chi connectivity index (χ3v) is 6.41. The number of nitrogens with zero attached hydrogens (tertiary/aromatic N) is 1. The van der Waals surface area contributed by atoms with Gasteiger partial charge in [0.15, 0.2) is 0 Å². The smallest absolute Gasteiger partial charge is 0.264 e. The Hall–Kier alpha value is -2.54. The molecule has 0 aliphatic rings. The predicted molar refractivity (Wildman–Crippen MR) is 115 cm³/mol. The number of rotatable bonds is 8. The molecule has 29 heavy (non-hydrogen) atoms. The minimum atomic E-state index is -3.94. The molecule has 1 atom stereocenters. The zero-order chi connectivity index (χ0) is 20.9. The van der Waals surface area contributed by atoms with Crippen LogP contribution in [0.15, 0.2) is 83.8 Å². The van der Waals surface area contributed by atoms with Crippen LogP contribution in [0.25, 0.3) is 0 Å². The van der Waals surface area contributed by atoms with Crippen LogP contribution in [0.2, 0.25) is 5.02 Å². The van der Waals surface area contributed by atoms with Crippen LogP contribution < -0.4 is 9.04 Å². The van der Waals surface area contributed by atoms with Gasteiger partial charge in [-0.25, -0.2) is 8.42 Å². The summed E-state index contributed by atoms with van der Waals surface area (Å²) in [6.07, 6.45) is -1.06. The first-order chi connectivity index (χ1) is 13.9. The third-order valence-electron chi connectivity index (χ3n) is 4.29. The highest BCUT2D eigenvalue weighted by atomic mass is 35.5. The fraction of sp³-hybridized carbons (Fsp3) is 0.182. The molecule has 0 saturated heterocycles. The Morgan fingerprint density at radius 3 is 2.24 bits per heavy atom. The van der Waals surface area contributed by atoms with Crippen molar-refractivity contribution in [3.63, 3.8) is 0 Å². The summed E-state index contributed by atoms with van der Waals surface area (Å²) in [6, 6.07) is 22.2. The highest BCUT2D eigenvalue weighted by Gasteiger charge is 2.28. The van der Waals surface area contributed by atoms with E-state index >= 15 is 0 Å². The van der Waals surface area contributed by atoms with Crippen molar-refractivity contribution in [1.29, 1.82) is 0 Å². The standard InChI is InChI=1S/C22H22ClNO4S/c1-17-11-13-20(14-12-17)29(26,27)24(22-10-6-5-9-21(22)23)15-18(25)16-28-19-7-3-2-4-8-19/h2-14,18,25H,15-16H2,1H3. The minimum absolute atomic E-state index is 0.0611. The molecule has 0 aromatic heterocycles. The van der Waals surface area contributed by atoms with Gasteiger partial charge in [0, 0.05) is 0 Å². The maximum absolute atomic E-state index is 13.3. The molecule has 7 heteroatoms. The Labute approximate surface area is 176 Å². The number of sulfonamides is 1. The van der Waals surface area contributed by atoms with Crippen molar-refractivity contribution in [3.8, 4) is 5.75 Å². The molecule has 0 heterocycles. The molecular weight excluding hydrogens is 410 g/mol. The van der Waals surface area contributed by atoms with Gasteiger partial charge in [0.1, 0.15) is 18.5 Å². The summed E-state index contributed by atoms with van der Waals surface area (Å²) in [5.41, 5.74) is 1.25. The molecule has 5 nitrogen and oxygen atoms in total. The summed E-state index contributed by atoms with van der Waals surface area (Å²) in [4.78, 5) is 0.124. The van der Waals surface area contributed by atoms with Gasteiger partial charge in [0.2, 0.25) is 0 Å². The lowest BCUT2D eigenvalue weighted by molar-refractivity contribution is 0.115. The lowest BCUT2D eigenvalue weighted by atomic mass is 10.2. The number of hydrogen-bond donors (Lipinski definition) is 1. The van der Waals surface area contributed by atoms with Crippen molar-refractivity contribution in [1.82, 2.24) is 0 Å². The molecule has 0 saturated carbocycles. The van der Waals surface area contributed by atoms with Gasteiger partial charge >= 0.3 is 0 Å². The van der Waals surface area contributed by atoms with E-state index in [2.05, 4.69) is 0 Å². The predicted octanol–water partition coefficient (Wildman–Crippen LogP) is 4.28. The molecule has 0 spiro atoms. The first-order valence-electron chi connectivity index (χ1n) is 9.08. The van der Waals surface area contributed by atoms with E-state index in [1.54, 1.807) is 60.7 Å². The van der Waals surface area contributed by atoms with Crippen molar-refractivity contribution in [2.24, 2.45) is 0 Å². The summed E-state index contributed by atoms with van der Waals surface area (Å²) in [7, 11) is -3.94. The van der Waals surface area contributed by atoms with Gasteiger partial charge in [-0.1, -0.05) is 59.6 Å². The average Bonchev–Trinajstić information content (AvgIpc) is 2.72. The maximum atomic E-state index is 13.3. The molecule has 152 valence electrons. The van der Waals surface area contributed by atoms with Crippen LogP contribution in [-0.4, -0.2) is 32.8 Å². The van der Waals surface area contributed by atoms with Crippen molar-refractivity contribution in [2.75, 3.05) is 17.5 Å². The summed E-state index contributed by atoms with van der Waals surface area (Å²) in [5, 5.41) is 10.8. The van der Waals surface area contributed by atoms with Gasteiger partial charge in [-0.15, -0.1) is 0 Å². The molecule has 0 aliphatic heterocycles. The summed E-state index contributed by atoms with van der Waals surface area (Å²) >= 11 is 6.28. The number of para-hydroxylation sites is 2. The van der Waals surface area contributed by atoms with Crippen LogP contribution in [0, 0.1) is 6.92 Å². The molecular formula is C22H22ClNO4S. The van der Waals surface area contributed by atoms with Crippen LogP contribution >= 0.6 is 11.6 Å². The lowest BCUT2D eigenvalue weighted by Crippen LogP contribution is -2.40. The zero-order valence-electron chi connectivity index (χ0n) is 15.9. The van der Waals surface area contributed by atoms with E-state index in [0.717, 1.165) is 9.87 Å². The van der Waals surface area contributed by atoms with E-state index in [4.69, 9.17) is 16.3 Å². The fourth-order valence-electron chi connectivity index (χ4n) is 2.77. The molecule has 0 amide bonds. The summed E-state index contributed by atoms with van der Waals surface area (Å²) < 4.78 is 33.3. The van der Waals surface area contributed by atoms with Crippen LogP contribution in [0.4, 0.5) is 5.69 Å². The Kier molecular flexibility index (Phi) is 6.79. The number of benzene rings is 3. The Balaban J connectivity index is 1.87. The quantitative estimate of drug-likeness (QED) is 0.578. The largest absolute Gasteiger partial charge is 0.491 e. The van der Waals surface area contributed by atoms with E-state index in [1.807, 2.05) is 25.1 Å². The first kappa shape index (κ1) is 21.2. The fourth-order valence-corrected chi connectivity index (χ4v) is 4.58. The van der Waals surface area contributed by atoms with E-state index in [0.29, 0.717) is 11.4 Å². The topological polar surface area (TPSA) is 66.8 Å². The third kappa shape index (κ3) is 5.29. The minimum Gasteiger partial charge on any atom is -0.491 e. The number of anilines is 1. The molecule has 1 unspecified atom stereocenters. The first-order valence-corrected chi connectivity index (χ1v) is 10.9. The zero-order valence-corrected chi connectivity index (χ0v) is 17.5. The van der Waals surface area contributed by atoms with Crippen molar-refractivity contribution in [2.45, 2.75) is 17.9 Å². The Bertz CT molecular complexity index is 1040. The monoisotopic (exact) mass is 431 g/mol. The van der Waals surface area contributed by atoms with Crippen LogP contribution in [0.5, 0.6) is 5.75 Å². The van der Waals surface area contributed by atoms with Gasteiger partial charge in [-0.3, -0.25) is 4.31 Å². The van der Waals surface area contributed by atoms with Crippen molar-refractivity contribution < 1.29 is 18.3 Å². The van der Waals surface area contributed by atoms with Crippen molar-refractivity contribution in [3.05, 3.63) is 89.4 Å². The number of ether oxygens (including phenoxy) is 1. The molecule has 3 aromatic carbocycles. The second-order valence-corrected chi connectivity index (χ2v) is 8.85. The van der Waals surface area contributed by atoms with Gasteiger partial charge < -0.3 is 9.84 Å². The number of hydrogen-bond acceptors (Lipinski definition) is 4. The van der Waals surface area contributed by atoms with E-state index in [-0.39, 0.29) is 23.1 Å². The number of halogens is 1. The molecule has 1 N–H and O–H groups in total. The van der Waals surface area contributed by atoms with E-state index in [9.17, 15) is 13.5 Å². The lowest BCUT2D eigenvalue weighted by Gasteiger charge is -2.27. The number of aliphatic hydroxyl groups excluding tert-OH is 1. The van der Waals surface area contributed by atoms with E-state index < -0.39 is 16.1 Å². The van der Waals surface area contributed by atoms with Crippen LogP contribution in [0.1, 0.15) is 5.56 Å². The second kappa shape index (κ2) is 9.31. The molecule has 0 radical (unpaired) electrons. The maximum Gasteiger partial charge on any atom is 0.264 e. The normalized spacial score (nSPS) is 12.4. The molecule has 0 fully saturated rings. The summed E-state index contributed by atoms with van der Waals surface area (Å²) in [5.74, 6) is 0.595. The number of aliphatic hydroxyl groups is 1. The number of aryl methyl sites for hydroxylation is 1. The second-order valence-electron chi connectivity index (χ2n) is 6.58. The SMILES string of the molecule is Cc1ccc(S(=O)(=O)N(CC(O)COc2ccccc2)c2ccccc2Cl)cc1.